The first-order chi connectivity index (χ1) is 6.18. The second-order valence-electron chi connectivity index (χ2n) is 2.30. The van der Waals surface area contributed by atoms with Gasteiger partial charge in [0.15, 0.2) is 0 Å². The second kappa shape index (κ2) is 4.61. The standard InChI is InChI=1S/C7H8ClN3O2/c8-5-3-10-7(11-4-5)9-2-1-6(12)13/h3-4H,1-2H2,(H,12,13)(H,9,10,11). The Hall–Kier alpha value is -1.36. The van der Waals surface area contributed by atoms with Gasteiger partial charge >= 0.3 is 5.97 Å². The van der Waals surface area contributed by atoms with E-state index in [2.05, 4.69) is 15.3 Å². The Balaban J connectivity index is 2.37. The molecule has 0 spiro atoms. The molecule has 0 aromatic carbocycles. The maximum Gasteiger partial charge on any atom is 0.305 e. The van der Waals surface area contributed by atoms with E-state index in [0.717, 1.165) is 0 Å². The lowest BCUT2D eigenvalue weighted by Gasteiger charge is -2.00. The van der Waals surface area contributed by atoms with E-state index < -0.39 is 5.97 Å². The van der Waals surface area contributed by atoms with Crippen LogP contribution >= 0.6 is 11.6 Å². The van der Waals surface area contributed by atoms with Crippen LogP contribution in [0.15, 0.2) is 12.4 Å². The van der Waals surface area contributed by atoms with Crippen molar-refractivity contribution in [1.29, 1.82) is 0 Å². The zero-order valence-electron chi connectivity index (χ0n) is 6.70. The van der Waals surface area contributed by atoms with Crippen LogP contribution in [0.25, 0.3) is 0 Å². The lowest BCUT2D eigenvalue weighted by molar-refractivity contribution is -0.136. The zero-order valence-corrected chi connectivity index (χ0v) is 7.45. The van der Waals surface area contributed by atoms with E-state index in [4.69, 9.17) is 16.7 Å². The van der Waals surface area contributed by atoms with E-state index in [9.17, 15) is 4.79 Å². The Kier molecular flexibility index (Phi) is 3.45. The Labute approximate surface area is 79.8 Å². The molecule has 0 amide bonds. The zero-order chi connectivity index (χ0) is 9.68. The van der Waals surface area contributed by atoms with E-state index in [0.29, 0.717) is 17.5 Å². The van der Waals surface area contributed by atoms with Gasteiger partial charge < -0.3 is 10.4 Å². The molecule has 0 aliphatic carbocycles. The Morgan fingerprint density at radius 3 is 2.69 bits per heavy atom. The van der Waals surface area contributed by atoms with Gasteiger partial charge in [-0.1, -0.05) is 11.6 Å². The predicted octanol–water partition coefficient (Wildman–Crippen LogP) is 1.02. The highest BCUT2D eigenvalue weighted by molar-refractivity contribution is 6.30. The summed E-state index contributed by atoms with van der Waals surface area (Å²) in [7, 11) is 0. The van der Waals surface area contributed by atoms with Crippen molar-refractivity contribution in [2.24, 2.45) is 0 Å². The maximum atomic E-state index is 10.1. The maximum absolute atomic E-state index is 10.1. The van der Waals surface area contributed by atoms with Crippen LogP contribution in [0.4, 0.5) is 5.95 Å². The van der Waals surface area contributed by atoms with E-state index >= 15 is 0 Å². The third-order valence-electron chi connectivity index (χ3n) is 1.24. The van der Waals surface area contributed by atoms with Crippen LogP contribution in [0.2, 0.25) is 5.02 Å². The summed E-state index contributed by atoms with van der Waals surface area (Å²) in [5.74, 6) is -0.480. The lowest BCUT2D eigenvalue weighted by atomic mass is 10.4. The molecule has 0 atom stereocenters. The molecule has 0 unspecified atom stereocenters. The highest BCUT2D eigenvalue weighted by Crippen LogP contribution is 2.05. The van der Waals surface area contributed by atoms with Gasteiger partial charge in [0.25, 0.3) is 0 Å². The monoisotopic (exact) mass is 201 g/mol. The number of rotatable bonds is 4. The van der Waals surface area contributed by atoms with Crippen molar-refractivity contribution in [2.45, 2.75) is 6.42 Å². The molecule has 1 aromatic heterocycles. The van der Waals surface area contributed by atoms with E-state index in [1.165, 1.54) is 12.4 Å². The number of halogens is 1. The van der Waals surface area contributed by atoms with Crippen LogP contribution in [0.1, 0.15) is 6.42 Å². The van der Waals surface area contributed by atoms with Gasteiger partial charge in [0.05, 0.1) is 23.8 Å². The van der Waals surface area contributed by atoms with Gasteiger partial charge in [0, 0.05) is 6.54 Å². The minimum absolute atomic E-state index is 0.0337. The summed E-state index contributed by atoms with van der Waals surface area (Å²) in [4.78, 5) is 17.8. The quantitative estimate of drug-likeness (QED) is 0.761. The molecule has 0 aliphatic rings. The summed E-state index contributed by atoms with van der Waals surface area (Å²) in [5.41, 5.74) is 0. The third-order valence-corrected chi connectivity index (χ3v) is 1.44. The average Bonchev–Trinajstić information content (AvgIpc) is 2.08. The first-order valence-corrected chi connectivity index (χ1v) is 3.99. The lowest BCUT2D eigenvalue weighted by Crippen LogP contribution is -2.09. The average molecular weight is 202 g/mol. The summed E-state index contributed by atoms with van der Waals surface area (Å²) in [5, 5.41) is 11.5. The third kappa shape index (κ3) is 3.71. The first kappa shape index (κ1) is 9.73. The highest BCUT2D eigenvalue weighted by Gasteiger charge is 1.98. The van der Waals surface area contributed by atoms with E-state index in [1.54, 1.807) is 0 Å². The molecule has 1 aromatic rings. The number of carbonyl (C=O) groups is 1. The summed E-state index contributed by atoms with van der Waals surface area (Å²) in [6, 6.07) is 0. The number of carboxylic acid groups (broad SMARTS) is 1. The molecule has 70 valence electrons. The highest BCUT2D eigenvalue weighted by atomic mass is 35.5. The van der Waals surface area contributed by atoms with Gasteiger partial charge in [-0.25, -0.2) is 9.97 Å². The topological polar surface area (TPSA) is 75.1 Å². The molecule has 0 bridgehead atoms. The van der Waals surface area contributed by atoms with Gasteiger partial charge in [-0.05, 0) is 0 Å². The number of aliphatic carboxylic acids is 1. The van der Waals surface area contributed by atoms with E-state index in [-0.39, 0.29) is 6.42 Å². The molecule has 0 fully saturated rings. The van der Waals surface area contributed by atoms with Crippen LogP contribution in [-0.4, -0.2) is 27.6 Å². The molecular formula is C7H8ClN3O2. The van der Waals surface area contributed by atoms with Gasteiger partial charge in [-0.3, -0.25) is 4.79 Å². The fourth-order valence-corrected chi connectivity index (χ4v) is 0.782. The molecule has 0 radical (unpaired) electrons. The van der Waals surface area contributed by atoms with Crippen molar-refractivity contribution >= 4 is 23.5 Å². The fraction of sp³-hybridized carbons (Fsp3) is 0.286. The van der Waals surface area contributed by atoms with Gasteiger partial charge in [0.1, 0.15) is 0 Å². The number of anilines is 1. The number of carboxylic acids is 1. The normalized spacial score (nSPS) is 9.62. The number of aromatic nitrogens is 2. The number of hydrogen-bond acceptors (Lipinski definition) is 4. The molecule has 13 heavy (non-hydrogen) atoms. The first-order valence-electron chi connectivity index (χ1n) is 3.61. The van der Waals surface area contributed by atoms with Crippen molar-refractivity contribution in [3.05, 3.63) is 17.4 Å². The van der Waals surface area contributed by atoms with Crippen molar-refractivity contribution in [3.8, 4) is 0 Å². The van der Waals surface area contributed by atoms with Crippen LogP contribution in [0.3, 0.4) is 0 Å². The summed E-state index contributed by atoms with van der Waals surface area (Å²) in [6.07, 6.45) is 2.92. The van der Waals surface area contributed by atoms with Gasteiger partial charge in [0.2, 0.25) is 5.95 Å². The molecule has 0 aliphatic heterocycles. The molecular weight excluding hydrogens is 194 g/mol. The molecule has 0 saturated heterocycles. The van der Waals surface area contributed by atoms with Crippen LogP contribution in [0, 0.1) is 0 Å². The van der Waals surface area contributed by atoms with Crippen molar-refractivity contribution in [3.63, 3.8) is 0 Å². The number of nitrogens with zero attached hydrogens (tertiary/aromatic N) is 2. The Morgan fingerprint density at radius 1 is 1.54 bits per heavy atom. The molecule has 1 heterocycles. The largest absolute Gasteiger partial charge is 0.481 e. The number of hydrogen-bond donors (Lipinski definition) is 2. The van der Waals surface area contributed by atoms with Gasteiger partial charge in [-0.2, -0.15) is 0 Å². The van der Waals surface area contributed by atoms with Crippen LogP contribution in [0.5, 0.6) is 0 Å². The molecule has 2 N–H and O–H groups in total. The van der Waals surface area contributed by atoms with Crippen LogP contribution < -0.4 is 5.32 Å². The Bertz CT molecular complexity index is 288. The predicted molar refractivity (Wildman–Crippen MR) is 47.8 cm³/mol. The van der Waals surface area contributed by atoms with Gasteiger partial charge in [-0.15, -0.1) is 0 Å². The smallest absolute Gasteiger partial charge is 0.305 e. The SMILES string of the molecule is O=C(O)CCNc1ncc(Cl)cn1. The summed E-state index contributed by atoms with van der Waals surface area (Å²) < 4.78 is 0. The van der Waals surface area contributed by atoms with E-state index in [1.807, 2.05) is 0 Å². The molecule has 1 rings (SSSR count). The molecule has 6 heteroatoms. The summed E-state index contributed by atoms with van der Waals surface area (Å²) >= 11 is 5.55. The minimum atomic E-state index is -0.860. The summed E-state index contributed by atoms with van der Waals surface area (Å²) in [6.45, 7) is 0.303. The minimum Gasteiger partial charge on any atom is -0.481 e. The molecule has 5 nitrogen and oxygen atoms in total. The number of nitrogens with one attached hydrogen (secondary N) is 1. The fourth-order valence-electron chi connectivity index (χ4n) is 0.685. The molecule has 0 saturated carbocycles. The van der Waals surface area contributed by atoms with Crippen molar-refractivity contribution < 1.29 is 9.90 Å². The Morgan fingerprint density at radius 2 is 2.15 bits per heavy atom. The second-order valence-corrected chi connectivity index (χ2v) is 2.73. The van der Waals surface area contributed by atoms with Crippen LogP contribution in [-0.2, 0) is 4.79 Å². The van der Waals surface area contributed by atoms with Crippen molar-refractivity contribution in [2.75, 3.05) is 11.9 Å². The van der Waals surface area contributed by atoms with Crippen molar-refractivity contribution in [1.82, 2.24) is 9.97 Å².